The number of rotatable bonds is 9. The van der Waals surface area contributed by atoms with Gasteiger partial charge in [0.1, 0.15) is 6.54 Å². The molecule has 0 aliphatic rings. The first-order valence-corrected chi connectivity index (χ1v) is 13.1. The highest BCUT2D eigenvalue weighted by atomic mass is 35.5. The van der Waals surface area contributed by atoms with Crippen molar-refractivity contribution in [2.75, 3.05) is 10.8 Å². The number of nitrogens with zero attached hydrogens (tertiary/aromatic N) is 1. The van der Waals surface area contributed by atoms with E-state index >= 15 is 0 Å². The quantitative estimate of drug-likeness (QED) is 0.363. The molecule has 5 nitrogen and oxygen atoms in total. The van der Waals surface area contributed by atoms with Crippen molar-refractivity contribution in [1.29, 1.82) is 0 Å². The average Bonchev–Trinajstić information content (AvgIpc) is 2.86. The maximum atomic E-state index is 13.5. The standard InChI is InChI=1S/C26H26ClF3N2O3S/c1-3-18-10-11-19(4-2)20(14-18)16-31-25(33)17-32(36(34,35)22-8-6-5-7-9-22)21-12-13-24(27)23(15-21)26(28,29)30/h5-15H,3-4,16-17H2,1-2H3,(H,31,33). The fourth-order valence-electron chi connectivity index (χ4n) is 3.71. The number of carbonyl (C=O) groups is 1. The fraction of sp³-hybridized carbons (Fsp3) is 0.269. The predicted octanol–water partition coefficient (Wildman–Crippen LogP) is 6.00. The summed E-state index contributed by atoms with van der Waals surface area (Å²) in [5.41, 5.74) is 1.50. The molecule has 3 aromatic rings. The second-order valence-electron chi connectivity index (χ2n) is 8.07. The second kappa shape index (κ2) is 11.3. The lowest BCUT2D eigenvalue weighted by molar-refractivity contribution is -0.137. The van der Waals surface area contributed by atoms with Gasteiger partial charge in [-0.1, -0.05) is 61.8 Å². The molecular formula is C26H26ClF3N2O3S. The molecular weight excluding hydrogens is 513 g/mol. The van der Waals surface area contributed by atoms with Gasteiger partial charge in [0.15, 0.2) is 0 Å². The molecule has 0 heterocycles. The SMILES string of the molecule is CCc1ccc(CC)c(CNC(=O)CN(c2ccc(Cl)c(C(F)(F)F)c2)S(=O)(=O)c2ccccc2)c1. The number of hydrogen-bond acceptors (Lipinski definition) is 3. The summed E-state index contributed by atoms with van der Waals surface area (Å²) >= 11 is 5.73. The van der Waals surface area contributed by atoms with Crippen LogP contribution in [0.1, 0.15) is 36.1 Å². The molecule has 0 radical (unpaired) electrons. The van der Waals surface area contributed by atoms with Crippen LogP contribution in [0.5, 0.6) is 0 Å². The number of carbonyl (C=O) groups excluding carboxylic acids is 1. The molecule has 192 valence electrons. The number of aryl methyl sites for hydroxylation is 2. The van der Waals surface area contributed by atoms with Crippen LogP contribution >= 0.6 is 11.6 Å². The van der Waals surface area contributed by atoms with Gasteiger partial charge in [-0.25, -0.2) is 8.42 Å². The lowest BCUT2D eigenvalue weighted by Gasteiger charge is -2.25. The summed E-state index contributed by atoms with van der Waals surface area (Å²) in [5, 5.41) is 2.14. The summed E-state index contributed by atoms with van der Waals surface area (Å²) in [6, 6.07) is 15.9. The molecule has 0 spiro atoms. The summed E-state index contributed by atoms with van der Waals surface area (Å²) in [7, 11) is -4.37. The van der Waals surface area contributed by atoms with Crippen molar-refractivity contribution in [3.8, 4) is 0 Å². The largest absolute Gasteiger partial charge is 0.417 e. The summed E-state index contributed by atoms with van der Waals surface area (Å²) in [4.78, 5) is 12.8. The van der Waals surface area contributed by atoms with Crippen molar-refractivity contribution in [3.63, 3.8) is 0 Å². The second-order valence-corrected chi connectivity index (χ2v) is 10.3. The summed E-state index contributed by atoms with van der Waals surface area (Å²) < 4.78 is 67.9. The smallest absolute Gasteiger partial charge is 0.350 e. The van der Waals surface area contributed by atoms with Gasteiger partial charge in [-0.3, -0.25) is 9.10 Å². The third-order valence-electron chi connectivity index (χ3n) is 5.70. The Balaban J connectivity index is 1.95. The van der Waals surface area contributed by atoms with Gasteiger partial charge in [0.05, 0.1) is 21.2 Å². The topological polar surface area (TPSA) is 66.5 Å². The van der Waals surface area contributed by atoms with E-state index in [0.717, 1.165) is 41.7 Å². The Bertz CT molecular complexity index is 1330. The maximum Gasteiger partial charge on any atom is 0.417 e. The van der Waals surface area contributed by atoms with E-state index in [0.29, 0.717) is 10.4 Å². The van der Waals surface area contributed by atoms with Gasteiger partial charge in [0.2, 0.25) is 5.91 Å². The molecule has 0 saturated heterocycles. The maximum absolute atomic E-state index is 13.5. The lowest BCUT2D eigenvalue weighted by atomic mass is 10.0. The molecule has 0 unspecified atom stereocenters. The number of sulfonamides is 1. The van der Waals surface area contributed by atoms with Crippen molar-refractivity contribution >= 4 is 33.2 Å². The zero-order valence-electron chi connectivity index (χ0n) is 19.8. The highest BCUT2D eigenvalue weighted by Crippen LogP contribution is 2.38. The Morgan fingerprint density at radius 2 is 1.64 bits per heavy atom. The van der Waals surface area contributed by atoms with E-state index in [1.165, 1.54) is 24.3 Å². The van der Waals surface area contributed by atoms with Gasteiger partial charge in [0, 0.05) is 6.54 Å². The number of halogens is 4. The lowest BCUT2D eigenvalue weighted by Crippen LogP contribution is -2.41. The van der Waals surface area contributed by atoms with E-state index in [1.54, 1.807) is 6.07 Å². The van der Waals surface area contributed by atoms with Crippen molar-refractivity contribution < 1.29 is 26.4 Å². The van der Waals surface area contributed by atoms with Gasteiger partial charge < -0.3 is 5.32 Å². The first-order chi connectivity index (χ1) is 17.0. The Labute approximate surface area is 213 Å². The van der Waals surface area contributed by atoms with Gasteiger partial charge in [-0.05, 0) is 59.9 Å². The van der Waals surface area contributed by atoms with E-state index < -0.39 is 39.2 Å². The third-order valence-corrected chi connectivity index (χ3v) is 7.82. The number of amides is 1. The first kappa shape index (κ1) is 27.5. The minimum atomic E-state index is -4.81. The number of hydrogen-bond donors (Lipinski definition) is 1. The van der Waals surface area contributed by atoms with Crippen LogP contribution in [0, 0.1) is 0 Å². The molecule has 0 atom stereocenters. The van der Waals surface area contributed by atoms with Crippen LogP contribution in [-0.2, 0) is 40.4 Å². The monoisotopic (exact) mass is 538 g/mol. The van der Waals surface area contributed by atoms with Crippen molar-refractivity contribution in [2.24, 2.45) is 0 Å². The van der Waals surface area contributed by atoms with Crippen molar-refractivity contribution in [3.05, 3.63) is 94.0 Å². The molecule has 3 aromatic carbocycles. The summed E-state index contributed by atoms with van der Waals surface area (Å²) in [5.74, 6) is -0.665. The zero-order valence-corrected chi connectivity index (χ0v) is 21.3. The first-order valence-electron chi connectivity index (χ1n) is 11.3. The number of anilines is 1. The summed E-state index contributed by atoms with van der Waals surface area (Å²) in [6.07, 6.45) is -3.25. The van der Waals surface area contributed by atoms with Crippen molar-refractivity contribution in [2.45, 2.75) is 44.3 Å². The van der Waals surface area contributed by atoms with E-state index in [2.05, 4.69) is 5.32 Å². The van der Waals surface area contributed by atoms with Crippen LogP contribution in [0.2, 0.25) is 5.02 Å². The fourth-order valence-corrected chi connectivity index (χ4v) is 5.37. The minimum Gasteiger partial charge on any atom is -0.350 e. The van der Waals surface area contributed by atoms with Crippen LogP contribution in [-0.4, -0.2) is 20.9 Å². The predicted molar refractivity (Wildman–Crippen MR) is 134 cm³/mol. The van der Waals surface area contributed by atoms with Crippen LogP contribution in [0.15, 0.2) is 71.6 Å². The molecule has 0 bridgehead atoms. The Morgan fingerprint density at radius 3 is 2.25 bits per heavy atom. The Kier molecular flexibility index (Phi) is 8.68. The molecule has 1 N–H and O–H groups in total. The molecule has 3 rings (SSSR count). The van der Waals surface area contributed by atoms with E-state index in [9.17, 15) is 26.4 Å². The van der Waals surface area contributed by atoms with Gasteiger partial charge in [0.25, 0.3) is 10.0 Å². The van der Waals surface area contributed by atoms with Crippen LogP contribution in [0.25, 0.3) is 0 Å². The van der Waals surface area contributed by atoms with E-state index in [-0.39, 0.29) is 17.1 Å². The molecule has 10 heteroatoms. The number of benzene rings is 3. The molecule has 0 aromatic heterocycles. The van der Waals surface area contributed by atoms with Gasteiger partial charge in [-0.2, -0.15) is 13.2 Å². The number of alkyl halides is 3. The Hall–Kier alpha value is -3.04. The van der Waals surface area contributed by atoms with Gasteiger partial charge >= 0.3 is 6.18 Å². The molecule has 1 amide bonds. The molecule has 0 fully saturated rings. The molecule has 36 heavy (non-hydrogen) atoms. The van der Waals surface area contributed by atoms with Gasteiger partial charge in [-0.15, -0.1) is 0 Å². The normalized spacial score (nSPS) is 11.8. The zero-order chi connectivity index (χ0) is 26.5. The summed E-state index contributed by atoms with van der Waals surface area (Å²) in [6.45, 7) is 3.44. The third kappa shape index (κ3) is 6.39. The highest BCUT2D eigenvalue weighted by Gasteiger charge is 2.35. The van der Waals surface area contributed by atoms with Crippen LogP contribution in [0.4, 0.5) is 18.9 Å². The van der Waals surface area contributed by atoms with Crippen LogP contribution in [0.3, 0.4) is 0 Å². The molecule has 0 aliphatic carbocycles. The van der Waals surface area contributed by atoms with Crippen LogP contribution < -0.4 is 9.62 Å². The Morgan fingerprint density at radius 1 is 0.944 bits per heavy atom. The number of nitrogens with one attached hydrogen (secondary N) is 1. The van der Waals surface area contributed by atoms with Crippen molar-refractivity contribution in [1.82, 2.24) is 5.32 Å². The minimum absolute atomic E-state index is 0.156. The molecule has 0 saturated carbocycles. The van der Waals surface area contributed by atoms with E-state index in [4.69, 9.17) is 11.6 Å². The highest BCUT2D eigenvalue weighted by molar-refractivity contribution is 7.92. The molecule has 0 aliphatic heterocycles. The van der Waals surface area contributed by atoms with E-state index in [1.807, 2.05) is 32.0 Å². The average molecular weight is 539 g/mol.